The first kappa shape index (κ1) is 9.71. The summed E-state index contributed by atoms with van der Waals surface area (Å²) in [4.78, 5) is 14.0. The summed E-state index contributed by atoms with van der Waals surface area (Å²) in [5, 5.41) is -1.55. The first-order chi connectivity index (χ1) is 5.54. The molecular weight excluding hydrogens is 227 g/mol. The second-order valence-electron chi connectivity index (χ2n) is 1.86. The van der Waals surface area contributed by atoms with Crippen molar-refractivity contribution in [3.63, 3.8) is 0 Å². The maximum absolute atomic E-state index is 12.7. The molecule has 0 radical (unpaired) electrons. The zero-order valence-corrected chi connectivity index (χ0v) is 7.71. The quantitative estimate of drug-likeness (QED) is 0.546. The van der Waals surface area contributed by atoms with Crippen LogP contribution in [-0.4, -0.2) is 10.2 Å². The van der Waals surface area contributed by atoms with E-state index in [0.717, 1.165) is 6.20 Å². The van der Waals surface area contributed by atoms with Crippen molar-refractivity contribution in [2.45, 2.75) is 0 Å². The largest absolute Gasteiger partial charge is 0.275 e. The van der Waals surface area contributed by atoms with Gasteiger partial charge in [0.25, 0.3) is 5.24 Å². The zero-order chi connectivity index (χ0) is 9.30. The van der Waals surface area contributed by atoms with Gasteiger partial charge in [-0.15, -0.1) is 0 Å². The maximum atomic E-state index is 12.7. The molecule has 0 aliphatic carbocycles. The van der Waals surface area contributed by atoms with Gasteiger partial charge in [-0.05, 0) is 11.6 Å². The van der Waals surface area contributed by atoms with Gasteiger partial charge in [-0.3, -0.25) is 4.79 Å². The van der Waals surface area contributed by atoms with E-state index in [1.165, 1.54) is 0 Å². The van der Waals surface area contributed by atoms with Gasteiger partial charge in [0.2, 0.25) is 0 Å². The molecule has 0 spiro atoms. The lowest BCUT2D eigenvalue weighted by Crippen LogP contribution is -1.96. The van der Waals surface area contributed by atoms with E-state index in [1.54, 1.807) is 0 Å². The first-order valence-corrected chi connectivity index (χ1v) is 3.86. The molecule has 12 heavy (non-hydrogen) atoms. The third-order valence-electron chi connectivity index (χ3n) is 1.12. The van der Waals surface area contributed by atoms with Gasteiger partial charge in [-0.2, -0.15) is 0 Å². The number of pyridine rings is 1. The fraction of sp³-hybridized carbons (Fsp3) is 0. The monoisotopic (exact) mass is 227 g/mol. The number of nitrogens with zero attached hydrogens (tertiary/aromatic N) is 1. The van der Waals surface area contributed by atoms with Crippen LogP contribution in [0.25, 0.3) is 0 Å². The number of rotatable bonds is 1. The van der Waals surface area contributed by atoms with Crippen LogP contribution in [0.2, 0.25) is 10.2 Å². The molecule has 1 rings (SSSR count). The first-order valence-electron chi connectivity index (χ1n) is 2.73. The molecule has 0 bridgehead atoms. The summed E-state index contributed by atoms with van der Waals surface area (Å²) < 4.78 is 12.7. The van der Waals surface area contributed by atoms with E-state index >= 15 is 0 Å². The Labute approximate surface area is 82.3 Å². The van der Waals surface area contributed by atoms with Gasteiger partial charge in [0.15, 0.2) is 5.82 Å². The molecule has 1 heterocycles. The van der Waals surface area contributed by atoms with Crippen molar-refractivity contribution in [1.82, 2.24) is 4.98 Å². The second-order valence-corrected chi connectivity index (χ2v) is 2.94. The summed E-state index contributed by atoms with van der Waals surface area (Å²) in [5.41, 5.74) is -0.306. The molecule has 0 atom stereocenters. The Kier molecular flexibility index (Phi) is 2.88. The third-order valence-corrected chi connectivity index (χ3v) is 1.97. The van der Waals surface area contributed by atoms with Crippen LogP contribution in [0.15, 0.2) is 6.20 Å². The van der Waals surface area contributed by atoms with Crippen molar-refractivity contribution in [2.24, 2.45) is 0 Å². The van der Waals surface area contributed by atoms with Crippen molar-refractivity contribution in [2.75, 3.05) is 0 Å². The van der Waals surface area contributed by atoms with Gasteiger partial charge in [0, 0.05) is 0 Å². The molecule has 1 aromatic heterocycles. The Balaban J connectivity index is 3.43. The van der Waals surface area contributed by atoms with Crippen LogP contribution in [0.1, 0.15) is 10.4 Å². The fourth-order valence-electron chi connectivity index (χ4n) is 0.612. The summed E-state index contributed by atoms with van der Waals surface area (Å²) >= 11 is 15.9. The van der Waals surface area contributed by atoms with Gasteiger partial charge >= 0.3 is 0 Å². The summed E-state index contributed by atoms with van der Waals surface area (Å²) in [6, 6.07) is 0. The molecule has 2 nitrogen and oxygen atoms in total. The summed E-state index contributed by atoms with van der Waals surface area (Å²) in [6.45, 7) is 0. The Morgan fingerprint density at radius 3 is 2.50 bits per heavy atom. The Hall–Kier alpha value is -0.380. The Morgan fingerprint density at radius 2 is 2.08 bits per heavy atom. The van der Waals surface area contributed by atoms with Crippen molar-refractivity contribution in [1.29, 1.82) is 0 Å². The zero-order valence-electron chi connectivity index (χ0n) is 5.44. The normalized spacial score (nSPS) is 10.0. The maximum Gasteiger partial charge on any atom is 0.257 e. The van der Waals surface area contributed by atoms with Crippen LogP contribution in [0, 0.1) is 5.82 Å². The summed E-state index contributed by atoms with van der Waals surface area (Å²) in [5.74, 6) is -0.829. The van der Waals surface area contributed by atoms with Gasteiger partial charge < -0.3 is 0 Å². The minimum atomic E-state index is -0.933. The second kappa shape index (κ2) is 3.56. The summed E-state index contributed by atoms with van der Waals surface area (Å²) in [7, 11) is 0. The molecule has 0 aromatic carbocycles. The number of hydrogen-bond donors (Lipinski definition) is 0. The predicted molar refractivity (Wildman–Crippen MR) is 44.4 cm³/mol. The molecule has 0 N–H and O–H groups in total. The lowest BCUT2D eigenvalue weighted by Gasteiger charge is -2.00. The summed E-state index contributed by atoms with van der Waals surface area (Å²) in [6.07, 6.45) is 0.813. The van der Waals surface area contributed by atoms with E-state index < -0.39 is 16.1 Å². The van der Waals surface area contributed by atoms with Crippen LogP contribution in [0.4, 0.5) is 4.39 Å². The van der Waals surface area contributed by atoms with Crippen molar-refractivity contribution < 1.29 is 9.18 Å². The van der Waals surface area contributed by atoms with Gasteiger partial charge in [0.05, 0.1) is 16.8 Å². The Bertz CT molecular complexity index is 342. The molecular formula is C6HCl3FNO. The van der Waals surface area contributed by atoms with Crippen LogP contribution >= 0.6 is 34.8 Å². The molecule has 0 aliphatic rings. The number of hydrogen-bond acceptors (Lipinski definition) is 2. The molecule has 0 amide bonds. The molecule has 6 heteroatoms. The number of carbonyl (C=O) groups is 1. The lowest BCUT2D eigenvalue weighted by molar-refractivity contribution is 0.108. The van der Waals surface area contributed by atoms with E-state index in [2.05, 4.69) is 4.98 Å². The van der Waals surface area contributed by atoms with Crippen LogP contribution < -0.4 is 0 Å². The van der Waals surface area contributed by atoms with Crippen molar-refractivity contribution >= 4 is 40.0 Å². The van der Waals surface area contributed by atoms with Crippen LogP contribution in [-0.2, 0) is 0 Å². The molecule has 0 saturated heterocycles. The Morgan fingerprint density at radius 1 is 1.50 bits per heavy atom. The average molecular weight is 228 g/mol. The topological polar surface area (TPSA) is 30.0 Å². The highest BCUT2D eigenvalue weighted by atomic mass is 35.5. The van der Waals surface area contributed by atoms with Gasteiger partial charge in [0.1, 0.15) is 5.15 Å². The van der Waals surface area contributed by atoms with Gasteiger partial charge in [-0.25, -0.2) is 9.37 Å². The van der Waals surface area contributed by atoms with Crippen molar-refractivity contribution in [3.05, 3.63) is 27.8 Å². The molecule has 0 aliphatic heterocycles. The third kappa shape index (κ3) is 1.68. The van der Waals surface area contributed by atoms with Crippen molar-refractivity contribution in [3.8, 4) is 0 Å². The molecule has 0 saturated carbocycles. The van der Waals surface area contributed by atoms with Crippen LogP contribution in [0.5, 0.6) is 0 Å². The highest BCUT2D eigenvalue weighted by molar-refractivity contribution is 6.69. The molecule has 0 fully saturated rings. The molecule has 64 valence electrons. The highest BCUT2D eigenvalue weighted by Gasteiger charge is 2.16. The van der Waals surface area contributed by atoms with E-state index in [1.807, 2.05) is 0 Å². The minimum Gasteiger partial charge on any atom is -0.275 e. The number of carbonyl (C=O) groups excluding carboxylic acids is 1. The van der Waals surface area contributed by atoms with Gasteiger partial charge in [-0.1, -0.05) is 23.2 Å². The van der Waals surface area contributed by atoms with E-state index in [9.17, 15) is 9.18 Å². The number of halogens is 4. The average Bonchev–Trinajstić information content (AvgIpc) is 1.97. The SMILES string of the molecule is O=C(Cl)c1c(Cl)ncc(F)c1Cl. The predicted octanol–water partition coefficient (Wildman–Crippen LogP) is 2.91. The fourth-order valence-corrected chi connectivity index (χ4v) is 1.39. The standard InChI is InChI=1S/C6HCl3FNO/c7-4-2(10)1-11-5(8)3(4)6(9)12/h1H. The lowest BCUT2D eigenvalue weighted by atomic mass is 10.3. The van der Waals surface area contributed by atoms with E-state index in [0.29, 0.717) is 0 Å². The molecule has 0 unspecified atom stereocenters. The van der Waals surface area contributed by atoms with Crippen LogP contribution in [0.3, 0.4) is 0 Å². The smallest absolute Gasteiger partial charge is 0.257 e. The van der Waals surface area contributed by atoms with E-state index in [-0.39, 0.29) is 10.7 Å². The minimum absolute atomic E-state index is 0.207. The molecule has 1 aromatic rings. The number of aromatic nitrogens is 1. The highest BCUT2D eigenvalue weighted by Crippen LogP contribution is 2.26. The van der Waals surface area contributed by atoms with E-state index in [4.69, 9.17) is 34.8 Å².